The first-order valence-electron chi connectivity index (χ1n) is 4.85. The van der Waals surface area contributed by atoms with Crippen molar-refractivity contribution in [1.29, 1.82) is 0 Å². The van der Waals surface area contributed by atoms with Crippen molar-refractivity contribution in [2.24, 2.45) is 0 Å². The van der Waals surface area contributed by atoms with E-state index in [-0.39, 0.29) is 6.01 Å². The van der Waals surface area contributed by atoms with E-state index < -0.39 is 0 Å². The van der Waals surface area contributed by atoms with Crippen LogP contribution in [0.25, 0.3) is 10.9 Å². The fourth-order valence-corrected chi connectivity index (χ4v) is 1.42. The molecule has 0 unspecified atom stereocenters. The van der Waals surface area contributed by atoms with Gasteiger partial charge in [0.2, 0.25) is 0 Å². The Morgan fingerprint density at radius 2 is 2.00 bits per heavy atom. The van der Waals surface area contributed by atoms with Crippen LogP contribution in [0, 0.1) is 0 Å². The molecule has 0 aliphatic heterocycles. The summed E-state index contributed by atoms with van der Waals surface area (Å²) in [6.45, 7) is 0. The van der Waals surface area contributed by atoms with Gasteiger partial charge in [-0.1, -0.05) is 18.2 Å². The van der Waals surface area contributed by atoms with Crippen LogP contribution in [0.15, 0.2) is 53.3 Å². The number of furan rings is 1. The smallest absolute Gasteiger partial charge is 0.324 e. The second-order valence-corrected chi connectivity index (χ2v) is 3.25. The van der Waals surface area contributed by atoms with Crippen LogP contribution in [-0.4, -0.2) is 9.97 Å². The van der Waals surface area contributed by atoms with Gasteiger partial charge in [-0.05, 0) is 12.1 Å². The maximum absolute atomic E-state index is 5.34. The third-order valence-electron chi connectivity index (χ3n) is 2.15. The quantitative estimate of drug-likeness (QED) is 0.655. The first-order valence-corrected chi connectivity index (χ1v) is 4.85. The molecule has 0 radical (unpaired) electrons. The summed E-state index contributed by atoms with van der Waals surface area (Å²) in [5, 5.41) is 0.981. The number of nitrogens with zero attached hydrogens (tertiary/aromatic N) is 2. The van der Waals surface area contributed by atoms with Gasteiger partial charge in [-0.25, -0.2) is 4.98 Å². The molecule has 0 bridgehead atoms. The van der Waals surface area contributed by atoms with Crippen LogP contribution in [-0.2, 0) is 0 Å². The van der Waals surface area contributed by atoms with Crippen LogP contribution in [0.1, 0.15) is 0 Å². The highest BCUT2D eigenvalue weighted by Crippen LogP contribution is 2.19. The van der Waals surface area contributed by atoms with Gasteiger partial charge in [0.1, 0.15) is 0 Å². The van der Waals surface area contributed by atoms with Crippen LogP contribution in [0.2, 0.25) is 0 Å². The molecule has 4 nitrogen and oxygen atoms in total. The standard InChI is InChI=1S/C12H8N2O2/c1-2-5-10-9(4-1)8-13-12(14-10)16-11-6-3-7-15-11/h1-8H. The molecule has 0 saturated carbocycles. The third-order valence-corrected chi connectivity index (χ3v) is 2.15. The molecule has 1 aromatic carbocycles. The molecule has 78 valence electrons. The van der Waals surface area contributed by atoms with Crippen LogP contribution < -0.4 is 4.74 Å². The van der Waals surface area contributed by atoms with E-state index in [9.17, 15) is 0 Å². The van der Waals surface area contributed by atoms with Crippen molar-refractivity contribution in [3.05, 3.63) is 48.9 Å². The number of rotatable bonds is 2. The monoisotopic (exact) mass is 212 g/mol. The molecule has 2 aromatic heterocycles. The Kier molecular flexibility index (Phi) is 2.04. The van der Waals surface area contributed by atoms with E-state index in [1.165, 1.54) is 6.26 Å². The molecule has 0 aliphatic carbocycles. The predicted molar refractivity (Wildman–Crippen MR) is 58.3 cm³/mol. The Bertz CT molecular complexity index is 605. The highest BCUT2D eigenvalue weighted by molar-refractivity contribution is 5.77. The van der Waals surface area contributed by atoms with Crippen LogP contribution in [0.3, 0.4) is 0 Å². The molecule has 2 heterocycles. The Labute approximate surface area is 91.5 Å². The zero-order valence-corrected chi connectivity index (χ0v) is 8.33. The number of aromatic nitrogens is 2. The molecule has 0 fully saturated rings. The molecule has 0 N–H and O–H groups in total. The number of para-hydroxylation sites is 1. The lowest BCUT2D eigenvalue weighted by molar-refractivity contribution is 0.328. The van der Waals surface area contributed by atoms with E-state index in [2.05, 4.69) is 9.97 Å². The van der Waals surface area contributed by atoms with E-state index >= 15 is 0 Å². The van der Waals surface area contributed by atoms with E-state index in [0.717, 1.165) is 10.9 Å². The number of hydrogen-bond donors (Lipinski definition) is 0. The van der Waals surface area contributed by atoms with Crippen LogP contribution in [0.5, 0.6) is 12.0 Å². The van der Waals surface area contributed by atoms with Crippen molar-refractivity contribution in [3.63, 3.8) is 0 Å². The van der Waals surface area contributed by atoms with Gasteiger partial charge >= 0.3 is 6.01 Å². The first-order chi connectivity index (χ1) is 7.92. The summed E-state index contributed by atoms with van der Waals surface area (Å²) in [5.74, 6) is 0.385. The fourth-order valence-electron chi connectivity index (χ4n) is 1.42. The fraction of sp³-hybridized carbons (Fsp3) is 0. The average molecular weight is 212 g/mol. The van der Waals surface area contributed by atoms with Gasteiger partial charge in [-0.15, -0.1) is 0 Å². The van der Waals surface area contributed by atoms with Crippen molar-refractivity contribution >= 4 is 10.9 Å². The normalized spacial score (nSPS) is 10.5. The van der Waals surface area contributed by atoms with Gasteiger partial charge < -0.3 is 9.15 Å². The molecule has 0 amide bonds. The second kappa shape index (κ2) is 3.66. The Morgan fingerprint density at radius 3 is 2.88 bits per heavy atom. The molecule has 3 aromatic rings. The molecule has 4 heteroatoms. The topological polar surface area (TPSA) is 48.2 Å². The van der Waals surface area contributed by atoms with E-state index in [0.29, 0.717) is 5.95 Å². The van der Waals surface area contributed by atoms with Crippen LogP contribution in [0.4, 0.5) is 0 Å². The van der Waals surface area contributed by atoms with Crippen molar-refractivity contribution < 1.29 is 9.15 Å². The van der Waals surface area contributed by atoms with Gasteiger partial charge in [0.15, 0.2) is 0 Å². The highest BCUT2D eigenvalue weighted by Gasteiger charge is 2.03. The maximum atomic E-state index is 5.34. The second-order valence-electron chi connectivity index (χ2n) is 3.25. The Morgan fingerprint density at radius 1 is 1.06 bits per heavy atom. The van der Waals surface area contributed by atoms with Crippen LogP contribution >= 0.6 is 0 Å². The lowest BCUT2D eigenvalue weighted by atomic mass is 10.2. The van der Waals surface area contributed by atoms with E-state index in [1.807, 2.05) is 24.3 Å². The molecule has 0 spiro atoms. The molecule has 0 saturated heterocycles. The molecule has 16 heavy (non-hydrogen) atoms. The highest BCUT2D eigenvalue weighted by atomic mass is 16.6. The molecular weight excluding hydrogens is 204 g/mol. The number of hydrogen-bond acceptors (Lipinski definition) is 4. The SMILES string of the molecule is c1coc(Oc2ncc3ccccc3n2)c1. The summed E-state index contributed by atoms with van der Waals surface area (Å²) in [7, 11) is 0. The van der Waals surface area contributed by atoms with Gasteiger partial charge in [0.05, 0.1) is 11.8 Å². The average Bonchev–Trinajstić information content (AvgIpc) is 2.82. The molecule has 0 aliphatic rings. The van der Waals surface area contributed by atoms with Gasteiger partial charge in [0, 0.05) is 17.6 Å². The number of ether oxygens (including phenoxy) is 1. The summed E-state index contributed by atoms with van der Waals surface area (Å²) in [6, 6.07) is 11.5. The van der Waals surface area contributed by atoms with Gasteiger partial charge in [0.25, 0.3) is 5.95 Å². The minimum atomic E-state index is 0.286. The van der Waals surface area contributed by atoms with E-state index in [4.69, 9.17) is 9.15 Å². The zero-order chi connectivity index (χ0) is 10.8. The van der Waals surface area contributed by atoms with E-state index in [1.54, 1.807) is 18.3 Å². The Hall–Kier alpha value is -2.36. The lowest BCUT2D eigenvalue weighted by Gasteiger charge is -2.00. The van der Waals surface area contributed by atoms with Crippen molar-refractivity contribution in [2.75, 3.05) is 0 Å². The predicted octanol–water partition coefficient (Wildman–Crippen LogP) is 3.02. The lowest BCUT2D eigenvalue weighted by Crippen LogP contribution is -1.90. The van der Waals surface area contributed by atoms with Gasteiger partial charge in [-0.2, -0.15) is 4.98 Å². The molecular formula is C12H8N2O2. The number of benzene rings is 1. The summed E-state index contributed by atoms with van der Waals surface area (Å²) >= 11 is 0. The summed E-state index contributed by atoms with van der Waals surface area (Å²) < 4.78 is 10.4. The first kappa shape index (κ1) is 8.91. The van der Waals surface area contributed by atoms with Gasteiger partial charge in [-0.3, -0.25) is 0 Å². The minimum absolute atomic E-state index is 0.286. The van der Waals surface area contributed by atoms with Crippen molar-refractivity contribution in [1.82, 2.24) is 9.97 Å². The minimum Gasteiger partial charge on any atom is -0.434 e. The molecule has 3 rings (SSSR count). The zero-order valence-electron chi connectivity index (χ0n) is 8.33. The largest absolute Gasteiger partial charge is 0.434 e. The Balaban J connectivity index is 1.99. The maximum Gasteiger partial charge on any atom is 0.324 e. The van der Waals surface area contributed by atoms with Crippen molar-refractivity contribution in [2.45, 2.75) is 0 Å². The number of fused-ring (bicyclic) bond motifs is 1. The third kappa shape index (κ3) is 1.61. The summed E-state index contributed by atoms with van der Waals surface area (Å²) in [4.78, 5) is 8.35. The van der Waals surface area contributed by atoms with Crippen molar-refractivity contribution in [3.8, 4) is 12.0 Å². The molecule has 0 atom stereocenters. The summed E-state index contributed by atoms with van der Waals surface area (Å²) in [5.41, 5.74) is 0.846. The summed E-state index contributed by atoms with van der Waals surface area (Å²) in [6.07, 6.45) is 3.26.